The van der Waals surface area contributed by atoms with Gasteiger partial charge in [-0.05, 0) is 6.42 Å². The predicted molar refractivity (Wildman–Crippen MR) is 43.6 cm³/mol. The first-order valence-electron chi connectivity index (χ1n) is 3.40. The summed E-state index contributed by atoms with van der Waals surface area (Å²) in [5.41, 5.74) is 0.119. The summed E-state index contributed by atoms with van der Waals surface area (Å²) in [6.45, 7) is 2.12. The number of rotatable bonds is 2. The van der Waals surface area contributed by atoms with Crippen LogP contribution in [-0.4, -0.2) is 3.96 Å². The van der Waals surface area contributed by atoms with E-state index in [0.29, 0.717) is 0 Å². The van der Waals surface area contributed by atoms with Gasteiger partial charge in [-0.3, -0.25) is 8.75 Å². The second-order valence-corrected chi connectivity index (χ2v) is 3.54. The Bertz CT molecular complexity index is 261. The van der Waals surface area contributed by atoms with E-state index in [1.165, 1.54) is 4.88 Å². The first-order valence-corrected chi connectivity index (χ1v) is 4.17. The maximum atomic E-state index is 10.9. The van der Waals surface area contributed by atoms with Gasteiger partial charge in [-0.25, -0.2) is 0 Å². The minimum Gasteiger partial charge on any atom is -0.268 e. The smallest absolute Gasteiger partial charge is 0.260 e. The summed E-state index contributed by atoms with van der Waals surface area (Å²) in [5, 5.41) is 0. The van der Waals surface area contributed by atoms with E-state index in [1.54, 1.807) is 28.6 Å². The van der Waals surface area contributed by atoms with Gasteiger partial charge >= 0.3 is 0 Å². The zero-order valence-corrected chi connectivity index (χ0v) is 7.07. The zero-order valence-electron chi connectivity index (χ0n) is 6.26. The molecule has 2 nitrogen and oxygen atoms in total. The van der Waals surface area contributed by atoms with Crippen molar-refractivity contribution in [1.82, 2.24) is 3.96 Å². The molecule has 0 saturated carbocycles. The van der Waals surface area contributed by atoms with Crippen LogP contribution in [0.25, 0.3) is 0 Å². The Morgan fingerprint density at radius 2 is 2.40 bits per heavy atom. The summed E-state index contributed by atoms with van der Waals surface area (Å²) in [7, 11) is 1.80. The Morgan fingerprint density at radius 3 is 2.80 bits per heavy atom. The minimum atomic E-state index is 0.119. The van der Waals surface area contributed by atoms with Crippen LogP contribution in [-0.2, 0) is 13.5 Å². The molecule has 0 atom stereocenters. The molecule has 0 amide bonds. The molecule has 0 fully saturated rings. The van der Waals surface area contributed by atoms with Crippen molar-refractivity contribution in [1.29, 1.82) is 0 Å². The fourth-order valence-corrected chi connectivity index (χ4v) is 1.78. The molecule has 1 rings (SSSR count). The summed E-state index contributed by atoms with van der Waals surface area (Å²) in [4.78, 5) is 12.1. The van der Waals surface area contributed by atoms with Crippen molar-refractivity contribution in [2.45, 2.75) is 19.8 Å². The predicted octanol–water partition coefficient (Wildman–Crippen LogP) is 1.40. The van der Waals surface area contributed by atoms with E-state index < -0.39 is 0 Å². The van der Waals surface area contributed by atoms with Gasteiger partial charge < -0.3 is 0 Å². The van der Waals surface area contributed by atoms with Gasteiger partial charge in [0.1, 0.15) is 0 Å². The lowest BCUT2D eigenvalue weighted by Crippen LogP contribution is -2.05. The molecule has 3 heteroatoms. The molecule has 56 valence electrons. The van der Waals surface area contributed by atoms with Crippen molar-refractivity contribution in [2.75, 3.05) is 0 Å². The Kier molecular flexibility index (Phi) is 2.27. The van der Waals surface area contributed by atoms with Crippen LogP contribution in [0.2, 0.25) is 0 Å². The zero-order chi connectivity index (χ0) is 7.56. The van der Waals surface area contributed by atoms with Gasteiger partial charge in [-0.1, -0.05) is 24.9 Å². The third-order valence-electron chi connectivity index (χ3n) is 1.35. The SMILES string of the molecule is CCCc1cc(=O)n(C)s1. The summed E-state index contributed by atoms with van der Waals surface area (Å²) in [6, 6.07) is 1.72. The summed E-state index contributed by atoms with van der Waals surface area (Å²) in [6.07, 6.45) is 2.14. The van der Waals surface area contributed by atoms with Gasteiger partial charge in [-0.2, -0.15) is 0 Å². The molecule has 0 aliphatic heterocycles. The van der Waals surface area contributed by atoms with Crippen molar-refractivity contribution >= 4 is 11.5 Å². The second kappa shape index (κ2) is 3.01. The van der Waals surface area contributed by atoms with Crippen molar-refractivity contribution in [3.8, 4) is 0 Å². The van der Waals surface area contributed by atoms with Gasteiger partial charge in [0.05, 0.1) is 0 Å². The standard InChI is InChI=1S/C7H11NOS/c1-3-4-6-5-7(9)8(2)10-6/h5H,3-4H2,1-2H3. The Labute approximate surface area is 64.3 Å². The molecule has 0 N–H and O–H groups in total. The molecule has 0 radical (unpaired) electrons. The molecule has 1 heterocycles. The summed E-state index contributed by atoms with van der Waals surface area (Å²) < 4.78 is 1.66. The highest BCUT2D eigenvalue weighted by atomic mass is 32.1. The van der Waals surface area contributed by atoms with E-state index in [4.69, 9.17) is 0 Å². The van der Waals surface area contributed by atoms with Crippen LogP contribution >= 0.6 is 11.5 Å². The average Bonchev–Trinajstić information content (AvgIpc) is 2.14. The van der Waals surface area contributed by atoms with E-state index in [1.807, 2.05) is 0 Å². The summed E-state index contributed by atoms with van der Waals surface area (Å²) >= 11 is 1.54. The number of hydrogen-bond donors (Lipinski definition) is 0. The van der Waals surface area contributed by atoms with E-state index >= 15 is 0 Å². The largest absolute Gasteiger partial charge is 0.268 e. The lowest BCUT2D eigenvalue weighted by molar-refractivity contribution is 0.939. The molecule has 0 aromatic carbocycles. The second-order valence-electron chi connectivity index (χ2n) is 2.29. The van der Waals surface area contributed by atoms with Gasteiger partial charge in [0.15, 0.2) is 0 Å². The monoisotopic (exact) mass is 157 g/mol. The van der Waals surface area contributed by atoms with Gasteiger partial charge in [-0.15, -0.1) is 0 Å². The minimum absolute atomic E-state index is 0.119. The lowest BCUT2D eigenvalue weighted by Gasteiger charge is -1.86. The normalized spacial score (nSPS) is 10.2. The van der Waals surface area contributed by atoms with Crippen molar-refractivity contribution < 1.29 is 0 Å². The number of nitrogens with zero attached hydrogens (tertiary/aromatic N) is 1. The molecular weight excluding hydrogens is 146 g/mol. The fraction of sp³-hybridized carbons (Fsp3) is 0.571. The van der Waals surface area contributed by atoms with E-state index in [-0.39, 0.29) is 5.56 Å². The third-order valence-corrected chi connectivity index (χ3v) is 2.36. The van der Waals surface area contributed by atoms with E-state index in [2.05, 4.69) is 6.92 Å². The molecule has 0 aliphatic carbocycles. The Balaban J connectivity index is 2.88. The van der Waals surface area contributed by atoms with Crippen LogP contribution in [0.5, 0.6) is 0 Å². The molecule has 0 spiro atoms. The maximum Gasteiger partial charge on any atom is 0.260 e. The fourth-order valence-electron chi connectivity index (χ4n) is 0.840. The van der Waals surface area contributed by atoms with Crippen molar-refractivity contribution in [3.63, 3.8) is 0 Å². The molecule has 1 aromatic heterocycles. The van der Waals surface area contributed by atoms with Crippen LogP contribution < -0.4 is 5.56 Å². The number of aromatic nitrogens is 1. The van der Waals surface area contributed by atoms with Crippen LogP contribution in [0, 0.1) is 0 Å². The van der Waals surface area contributed by atoms with Gasteiger partial charge in [0.25, 0.3) is 5.56 Å². The number of aryl methyl sites for hydroxylation is 2. The van der Waals surface area contributed by atoms with Crippen molar-refractivity contribution in [3.05, 3.63) is 21.3 Å². The van der Waals surface area contributed by atoms with Crippen LogP contribution in [0.15, 0.2) is 10.9 Å². The van der Waals surface area contributed by atoms with Crippen molar-refractivity contribution in [2.24, 2.45) is 7.05 Å². The van der Waals surface area contributed by atoms with Crippen LogP contribution in [0.1, 0.15) is 18.2 Å². The Hall–Kier alpha value is -0.570. The van der Waals surface area contributed by atoms with E-state index in [9.17, 15) is 4.79 Å². The molecule has 1 aromatic rings. The van der Waals surface area contributed by atoms with E-state index in [0.717, 1.165) is 12.8 Å². The molecule has 0 unspecified atom stereocenters. The topological polar surface area (TPSA) is 22.0 Å². The molecule has 0 aliphatic rings. The maximum absolute atomic E-state index is 10.9. The lowest BCUT2D eigenvalue weighted by atomic mass is 10.3. The highest BCUT2D eigenvalue weighted by molar-refractivity contribution is 7.06. The summed E-state index contributed by atoms with van der Waals surface area (Å²) in [5.74, 6) is 0. The molecule has 10 heavy (non-hydrogen) atoms. The van der Waals surface area contributed by atoms with Gasteiger partial charge in [0, 0.05) is 18.0 Å². The third kappa shape index (κ3) is 1.48. The highest BCUT2D eigenvalue weighted by Crippen LogP contribution is 2.05. The Morgan fingerprint density at radius 1 is 1.70 bits per heavy atom. The number of hydrogen-bond acceptors (Lipinski definition) is 2. The quantitative estimate of drug-likeness (QED) is 0.636. The highest BCUT2D eigenvalue weighted by Gasteiger charge is 1.97. The first kappa shape index (κ1) is 7.54. The average molecular weight is 157 g/mol. The van der Waals surface area contributed by atoms with Gasteiger partial charge in [0.2, 0.25) is 0 Å². The van der Waals surface area contributed by atoms with Crippen LogP contribution in [0.4, 0.5) is 0 Å². The molecule has 0 bridgehead atoms. The van der Waals surface area contributed by atoms with Crippen LogP contribution in [0.3, 0.4) is 0 Å². The molecular formula is C7H11NOS. The first-order chi connectivity index (χ1) is 4.74. The molecule has 0 saturated heterocycles.